The molecule has 0 saturated heterocycles. The third kappa shape index (κ3) is 1.15. The minimum Gasteiger partial charge on any atom is -0.476 e. The van der Waals surface area contributed by atoms with E-state index in [4.69, 9.17) is 5.11 Å². The average molecular weight is 190 g/mol. The minimum absolute atomic E-state index is 0.0116. The van der Waals surface area contributed by atoms with Crippen molar-refractivity contribution in [2.24, 2.45) is 0 Å². The monoisotopic (exact) mass is 190 g/mol. The van der Waals surface area contributed by atoms with Crippen LogP contribution in [0.15, 0.2) is 24.7 Å². The Morgan fingerprint density at radius 1 is 1.50 bits per heavy atom. The first-order chi connectivity index (χ1) is 6.72. The van der Waals surface area contributed by atoms with Crippen LogP contribution < -0.4 is 0 Å². The van der Waals surface area contributed by atoms with E-state index in [2.05, 4.69) is 4.98 Å². The Morgan fingerprint density at radius 2 is 2.29 bits per heavy atom. The molecule has 14 heavy (non-hydrogen) atoms. The van der Waals surface area contributed by atoms with Gasteiger partial charge in [-0.25, -0.2) is 9.78 Å². The van der Waals surface area contributed by atoms with Gasteiger partial charge in [0.15, 0.2) is 12.0 Å². The number of rotatable bonds is 2. The lowest BCUT2D eigenvalue weighted by Gasteiger charge is -1.94. The molecule has 0 aliphatic rings. The number of carbonyl (C=O) groups is 2. The molecule has 2 aromatic rings. The van der Waals surface area contributed by atoms with E-state index >= 15 is 0 Å². The Labute approximate surface area is 78.6 Å². The number of nitrogens with zero attached hydrogens (tertiary/aromatic N) is 2. The Kier molecular flexibility index (Phi) is 1.78. The van der Waals surface area contributed by atoms with Crippen LogP contribution in [0.2, 0.25) is 0 Å². The van der Waals surface area contributed by atoms with Crippen LogP contribution in [0.4, 0.5) is 0 Å². The largest absolute Gasteiger partial charge is 0.476 e. The van der Waals surface area contributed by atoms with Crippen LogP contribution in [0.25, 0.3) is 5.52 Å². The number of aldehydes is 1. The summed E-state index contributed by atoms with van der Waals surface area (Å²) in [6.07, 6.45) is 3.59. The van der Waals surface area contributed by atoms with Crippen LogP contribution in [0.1, 0.15) is 20.8 Å². The summed E-state index contributed by atoms with van der Waals surface area (Å²) in [5.74, 6) is -1.08. The van der Waals surface area contributed by atoms with Crippen LogP contribution in [-0.2, 0) is 0 Å². The van der Waals surface area contributed by atoms with Crippen molar-refractivity contribution in [3.8, 4) is 0 Å². The minimum atomic E-state index is -1.08. The number of hydrogen-bond acceptors (Lipinski definition) is 3. The zero-order valence-electron chi connectivity index (χ0n) is 7.04. The fourth-order valence-electron chi connectivity index (χ4n) is 1.25. The topological polar surface area (TPSA) is 71.7 Å². The second-order valence-corrected chi connectivity index (χ2v) is 2.77. The van der Waals surface area contributed by atoms with Crippen molar-refractivity contribution in [1.82, 2.24) is 9.38 Å². The summed E-state index contributed by atoms with van der Waals surface area (Å²) >= 11 is 0. The number of aromatic nitrogens is 2. The zero-order valence-corrected chi connectivity index (χ0v) is 7.04. The molecule has 2 aromatic heterocycles. The summed E-state index contributed by atoms with van der Waals surface area (Å²) in [6.45, 7) is 0. The molecule has 0 aliphatic carbocycles. The van der Waals surface area contributed by atoms with E-state index in [0.717, 1.165) is 0 Å². The molecule has 0 aromatic carbocycles. The Bertz CT molecular complexity index is 516. The summed E-state index contributed by atoms with van der Waals surface area (Å²) < 4.78 is 1.51. The molecule has 5 nitrogen and oxygen atoms in total. The Hall–Kier alpha value is -2.17. The van der Waals surface area contributed by atoms with Crippen molar-refractivity contribution in [2.75, 3.05) is 0 Å². The van der Waals surface area contributed by atoms with E-state index in [1.165, 1.54) is 16.9 Å². The maximum Gasteiger partial charge on any atom is 0.356 e. The average Bonchev–Trinajstić information content (AvgIpc) is 2.59. The SMILES string of the molecule is O=Cc1ccc2c(C(=O)O)ncn2c1. The van der Waals surface area contributed by atoms with Crippen molar-refractivity contribution in [3.63, 3.8) is 0 Å². The summed E-state index contributed by atoms with van der Waals surface area (Å²) in [4.78, 5) is 24.8. The van der Waals surface area contributed by atoms with Crippen molar-refractivity contribution >= 4 is 17.8 Å². The van der Waals surface area contributed by atoms with Crippen LogP contribution in [0, 0.1) is 0 Å². The molecular weight excluding hydrogens is 184 g/mol. The van der Waals surface area contributed by atoms with Crippen LogP contribution in [0.3, 0.4) is 0 Å². The van der Waals surface area contributed by atoms with Gasteiger partial charge in [-0.15, -0.1) is 0 Å². The van der Waals surface area contributed by atoms with Crippen LogP contribution in [0.5, 0.6) is 0 Å². The van der Waals surface area contributed by atoms with Gasteiger partial charge in [0, 0.05) is 11.8 Å². The number of carbonyl (C=O) groups excluding carboxylic acids is 1. The zero-order chi connectivity index (χ0) is 10.1. The Morgan fingerprint density at radius 3 is 2.93 bits per heavy atom. The highest BCUT2D eigenvalue weighted by Gasteiger charge is 2.10. The van der Waals surface area contributed by atoms with Crippen LogP contribution >= 0.6 is 0 Å². The molecule has 0 aliphatic heterocycles. The van der Waals surface area contributed by atoms with E-state index in [1.807, 2.05) is 0 Å². The second-order valence-electron chi connectivity index (χ2n) is 2.77. The predicted octanol–water partition coefficient (Wildman–Crippen LogP) is 0.845. The molecule has 70 valence electrons. The third-order valence-electron chi connectivity index (χ3n) is 1.89. The molecule has 0 radical (unpaired) electrons. The highest BCUT2D eigenvalue weighted by molar-refractivity contribution is 5.93. The van der Waals surface area contributed by atoms with Gasteiger partial charge in [-0.2, -0.15) is 0 Å². The number of imidazole rings is 1. The third-order valence-corrected chi connectivity index (χ3v) is 1.89. The molecule has 0 amide bonds. The molecule has 0 bridgehead atoms. The first kappa shape index (κ1) is 8.43. The number of carboxylic acid groups (broad SMARTS) is 1. The molecule has 0 spiro atoms. The molecule has 0 saturated carbocycles. The molecule has 5 heteroatoms. The van der Waals surface area contributed by atoms with E-state index in [9.17, 15) is 9.59 Å². The normalized spacial score (nSPS) is 10.3. The van der Waals surface area contributed by atoms with Crippen molar-refractivity contribution in [1.29, 1.82) is 0 Å². The fraction of sp³-hybridized carbons (Fsp3) is 0. The van der Waals surface area contributed by atoms with Gasteiger partial charge in [-0.1, -0.05) is 0 Å². The van der Waals surface area contributed by atoms with Crippen molar-refractivity contribution < 1.29 is 14.7 Å². The second kappa shape index (κ2) is 2.95. The molecule has 2 rings (SSSR count). The molecule has 0 fully saturated rings. The van der Waals surface area contributed by atoms with Crippen LogP contribution in [-0.4, -0.2) is 26.7 Å². The molecule has 1 N–H and O–H groups in total. The molecule has 0 atom stereocenters. The number of carboxylic acids is 1. The molecule has 0 unspecified atom stereocenters. The predicted molar refractivity (Wildman–Crippen MR) is 47.5 cm³/mol. The van der Waals surface area contributed by atoms with Gasteiger partial charge in [-0.05, 0) is 12.1 Å². The maximum absolute atomic E-state index is 10.7. The van der Waals surface area contributed by atoms with Gasteiger partial charge in [-0.3, -0.25) is 4.79 Å². The highest BCUT2D eigenvalue weighted by Crippen LogP contribution is 2.10. The summed E-state index contributed by atoms with van der Waals surface area (Å²) in [5.41, 5.74) is 0.942. The first-order valence-corrected chi connectivity index (χ1v) is 3.87. The standard InChI is InChI=1S/C9H6N2O3/c12-4-6-1-2-7-8(9(13)14)10-5-11(7)3-6/h1-5H,(H,13,14). The van der Waals surface area contributed by atoms with E-state index in [0.29, 0.717) is 17.4 Å². The van der Waals surface area contributed by atoms with E-state index < -0.39 is 5.97 Å². The number of hydrogen-bond donors (Lipinski definition) is 1. The number of fused-ring (bicyclic) bond motifs is 1. The quantitative estimate of drug-likeness (QED) is 0.712. The van der Waals surface area contributed by atoms with Gasteiger partial charge < -0.3 is 9.51 Å². The lowest BCUT2D eigenvalue weighted by atomic mass is 10.2. The summed E-state index contributed by atoms with van der Waals surface area (Å²) in [7, 11) is 0. The number of aromatic carboxylic acids is 1. The Balaban J connectivity index is 2.71. The fourth-order valence-corrected chi connectivity index (χ4v) is 1.25. The summed E-state index contributed by atoms with van der Waals surface area (Å²) in [6, 6.07) is 3.11. The smallest absolute Gasteiger partial charge is 0.356 e. The van der Waals surface area contributed by atoms with Crippen molar-refractivity contribution in [2.45, 2.75) is 0 Å². The maximum atomic E-state index is 10.7. The van der Waals surface area contributed by atoms with E-state index in [-0.39, 0.29) is 5.69 Å². The van der Waals surface area contributed by atoms with E-state index in [1.54, 1.807) is 12.1 Å². The highest BCUT2D eigenvalue weighted by atomic mass is 16.4. The first-order valence-electron chi connectivity index (χ1n) is 3.87. The lowest BCUT2D eigenvalue weighted by molar-refractivity contribution is 0.0693. The van der Waals surface area contributed by atoms with Gasteiger partial charge in [0.1, 0.15) is 6.33 Å². The lowest BCUT2D eigenvalue weighted by Crippen LogP contribution is -1.97. The van der Waals surface area contributed by atoms with Gasteiger partial charge >= 0.3 is 5.97 Å². The van der Waals surface area contributed by atoms with Crippen molar-refractivity contribution in [3.05, 3.63) is 35.9 Å². The van der Waals surface area contributed by atoms with Gasteiger partial charge in [0.05, 0.1) is 5.52 Å². The number of pyridine rings is 1. The molecular formula is C9H6N2O3. The molecule has 2 heterocycles. The van der Waals surface area contributed by atoms with Gasteiger partial charge in [0.25, 0.3) is 0 Å². The van der Waals surface area contributed by atoms with Gasteiger partial charge in [0.2, 0.25) is 0 Å². The summed E-state index contributed by atoms with van der Waals surface area (Å²) in [5, 5.41) is 8.75.